The molecule has 17 heavy (non-hydrogen) atoms. The number of pyridine rings is 1. The third-order valence-corrected chi connectivity index (χ3v) is 2.24. The number of halogens is 1. The van der Waals surface area contributed by atoms with Gasteiger partial charge in [-0.3, -0.25) is 0 Å². The highest BCUT2D eigenvalue weighted by molar-refractivity contribution is 5.34. The standard InChI is InChI=1S/C13H9FN2O/c1-9-3-2-4-11(13(9)14)17-12-6-5-10(7-15)8-16-12/h2-6,8H,1H3. The molecular weight excluding hydrogens is 219 g/mol. The lowest BCUT2D eigenvalue weighted by molar-refractivity contribution is 0.425. The Morgan fingerprint density at radius 3 is 2.76 bits per heavy atom. The first-order valence-corrected chi connectivity index (χ1v) is 5.00. The predicted octanol–water partition coefficient (Wildman–Crippen LogP) is 3.19. The third-order valence-electron chi connectivity index (χ3n) is 2.24. The van der Waals surface area contributed by atoms with Crippen LogP contribution in [-0.2, 0) is 0 Å². The number of nitrogens with zero attached hydrogens (tertiary/aromatic N) is 2. The van der Waals surface area contributed by atoms with Gasteiger partial charge in [0.2, 0.25) is 5.88 Å². The molecule has 1 aromatic carbocycles. The summed E-state index contributed by atoms with van der Waals surface area (Å²) in [6, 6.07) is 9.94. The molecular formula is C13H9FN2O. The number of aromatic nitrogens is 1. The van der Waals surface area contributed by atoms with Crippen molar-refractivity contribution in [2.75, 3.05) is 0 Å². The van der Waals surface area contributed by atoms with Crippen LogP contribution >= 0.6 is 0 Å². The van der Waals surface area contributed by atoms with Gasteiger partial charge in [-0.05, 0) is 24.6 Å². The molecule has 0 spiro atoms. The third kappa shape index (κ3) is 2.40. The van der Waals surface area contributed by atoms with E-state index in [2.05, 4.69) is 4.98 Å². The second kappa shape index (κ2) is 4.62. The Kier molecular flexibility index (Phi) is 3.01. The van der Waals surface area contributed by atoms with Gasteiger partial charge < -0.3 is 4.74 Å². The van der Waals surface area contributed by atoms with E-state index >= 15 is 0 Å². The van der Waals surface area contributed by atoms with Crippen LogP contribution < -0.4 is 4.74 Å². The summed E-state index contributed by atoms with van der Waals surface area (Å²) in [5.74, 6) is -0.0191. The number of ether oxygens (including phenoxy) is 1. The average molecular weight is 228 g/mol. The zero-order chi connectivity index (χ0) is 12.3. The van der Waals surface area contributed by atoms with Gasteiger partial charge in [0, 0.05) is 12.3 Å². The summed E-state index contributed by atoms with van der Waals surface area (Å²) in [6.07, 6.45) is 1.38. The average Bonchev–Trinajstić information content (AvgIpc) is 2.36. The molecule has 0 amide bonds. The normalized spacial score (nSPS) is 9.71. The molecule has 0 radical (unpaired) electrons. The van der Waals surface area contributed by atoms with Crippen molar-refractivity contribution < 1.29 is 9.13 Å². The highest BCUT2D eigenvalue weighted by Crippen LogP contribution is 2.24. The lowest BCUT2D eigenvalue weighted by Crippen LogP contribution is -1.92. The van der Waals surface area contributed by atoms with Crippen LogP contribution in [0.3, 0.4) is 0 Å². The van der Waals surface area contributed by atoms with Gasteiger partial charge in [0.05, 0.1) is 5.56 Å². The summed E-state index contributed by atoms with van der Waals surface area (Å²) < 4.78 is 18.9. The smallest absolute Gasteiger partial charge is 0.219 e. The second-order valence-electron chi connectivity index (χ2n) is 3.49. The van der Waals surface area contributed by atoms with Crippen LogP contribution in [0.25, 0.3) is 0 Å². The molecule has 0 atom stereocenters. The summed E-state index contributed by atoms with van der Waals surface area (Å²) in [6.45, 7) is 1.66. The minimum atomic E-state index is -0.404. The first-order valence-electron chi connectivity index (χ1n) is 5.00. The molecule has 3 nitrogen and oxygen atoms in total. The molecule has 0 saturated heterocycles. The number of rotatable bonds is 2. The number of aryl methyl sites for hydroxylation is 1. The van der Waals surface area contributed by atoms with Gasteiger partial charge in [0.25, 0.3) is 0 Å². The van der Waals surface area contributed by atoms with E-state index in [4.69, 9.17) is 10.00 Å². The number of hydrogen-bond donors (Lipinski definition) is 0. The van der Waals surface area contributed by atoms with Gasteiger partial charge in [-0.15, -0.1) is 0 Å². The minimum absolute atomic E-state index is 0.127. The molecule has 1 aromatic heterocycles. The highest BCUT2D eigenvalue weighted by atomic mass is 19.1. The Hall–Kier alpha value is -2.41. The molecule has 84 valence electrons. The molecule has 0 saturated carbocycles. The summed E-state index contributed by atoms with van der Waals surface area (Å²) in [7, 11) is 0. The molecule has 0 aliphatic carbocycles. The quantitative estimate of drug-likeness (QED) is 0.792. The van der Waals surface area contributed by atoms with Gasteiger partial charge in [-0.25, -0.2) is 9.37 Å². The lowest BCUT2D eigenvalue weighted by atomic mass is 10.2. The molecule has 2 aromatic rings. The van der Waals surface area contributed by atoms with E-state index in [0.29, 0.717) is 11.1 Å². The zero-order valence-corrected chi connectivity index (χ0v) is 9.14. The van der Waals surface area contributed by atoms with Crippen molar-refractivity contribution in [1.29, 1.82) is 5.26 Å². The number of nitriles is 1. The Balaban J connectivity index is 2.26. The fourth-order valence-electron chi connectivity index (χ4n) is 1.32. The van der Waals surface area contributed by atoms with E-state index in [0.717, 1.165) is 0 Å². The molecule has 1 heterocycles. The maximum atomic E-state index is 13.6. The number of hydrogen-bond acceptors (Lipinski definition) is 3. The maximum absolute atomic E-state index is 13.6. The van der Waals surface area contributed by atoms with Crippen molar-refractivity contribution in [2.45, 2.75) is 6.92 Å². The fourth-order valence-corrected chi connectivity index (χ4v) is 1.32. The van der Waals surface area contributed by atoms with Crippen LogP contribution in [-0.4, -0.2) is 4.98 Å². The van der Waals surface area contributed by atoms with Crippen LogP contribution in [0.1, 0.15) is 11.1 Å². The summed E-state index contributed by atoms with van der Waals surface area (Å²) in [5, 5.41) is 8.61. The fraction of sp³-hybridized carbons (Fsp3) is 0.0769. The van der Waals surface area contributed by atoms with E-state index < -0.39 is 5.82 Å². The van der Waals surface area contributed by atoms with Crippen molar-refractivity contribution in [3.8, 4) is 17.7 Å². The first-order chi connectivity index (χ1) is 8.20. The van der Waals surface area contributed by atoms with Crippen LogP contribution in [0.4, 0.5) is 4.39 Å². The molecule has 0 aliphatic rings. The number of benzene rings is 1. The molecule has 0 aliphatic heterocycles. The van der Waals surface area contributed by atoms with Gasteiger partial charge >= 0.3 is 0 Å². The van der Waals surface area contributed by atoms with Crippen molar-refractivity contribution in [1.82, 2.24) is 4.98 Å². The molecule has 0 fully saturated rings. The predicted molar refractivity (Wildman–Crippen MR) is 60.2 cm³/mol. The van der Waals surface area contributed by atoms with E-state index in [-0.39, 0.29) is 11.6 Å². The summed E-state index contributed by atoms with van der Waals surface area (Å²) in [4.78, 5) is 3.90. The molecule has 0 unspecified atom stereocenters. The second-order valence-corrected chi connectivity index (χ2v) is 3.49. The topological polar surface area (TPSA) is 45.9 Å². The lowest BCUT2D eigenvalue weighted by Gasteiger charge is -2.06. The summed E-state index contributed by atoms with van der Waals surface area (Å²) >= 11 is 0. The Morgan fingerprint density at radius 2 is 2.12 bits per heavy atom. The Bertz CT molecular complexity index is 573. The van der Waals surface area contributed by atoms with Gasteiger partial charge in [0.1, 0.15) is 6.07 Å². The van der Waals surface area contributed by atoms with Crippen molar-refractivity contribution >= 4 is 0 Å². The van der Waals surface area contributed by atoms with Gasteiger partial charge in [0.15, 0.2) is 11.6 Å². The molecule has 4 heteroatoms. The largest absolute Gasteiger partial charge is 0.436 e. The van der Waals surface area contributed by atoms with Crippen LogP contribution in [0.5, 0.6) is 11.6 Å². The van der Waals surface area contributed by atoms with E-state index in [1.54, 1.807) is 25.1 Å². The van der Waals surface area contributed by atoms with Crippen LogP contribution in [0.2, 0.25) is 0 Å². The SMILES string of the molecule is Cc1cccc(Oc2ccc(C#N)cn2)c1F. The Labute approximate surface area is 98.1 Å². The molecule has 2 rings (SSSR count). The van der Waals surface area contributed by atoms with Crippen molar-refractivity contribution in [2.24, 2.45) is 0 Å². The highest BCUT2D eigenvalue weighted by Gasteiger charge is 2.07. The van der Waals surface area contributed by atoms with Crippen LogP contribution in [0.15, 0.2) is 36.5 Å². The Morgan fingerprint density at radius 1 is 1.29 bits per heavy atom. The first kappa shape index (κ1) is 11.1. The van der Waals surface area contributed by atoms with Crippen LogP contribution in [0, 0.1) is 24.1 Å². The van der Waals surface area contributed by atoms with E-state index in [9.17, 15) is 4.39 Å². The van der Waals surface area contributed by atoms with Crippen molar-refractivity contribution in [3.63, 3.8) is 0 Å². The van der Waals surface area contributed by atoms with Gasteiger partial charge in [-0.2, -0.15) is 5.26 Å². The molecule has 0 N–H and O–H groups in total. The van der Waals surface area contributed by atoms with E-state index in [1.165, 1.54) is 18.3 Å². The molecule has 0 bridgehead atoms. The monoisotopic (exact) mass is 228 g/mol. The zero-order valence-electron chi connectivity index (χ0n) is 9.14. The van der Waals surface area contributed by atoms with Crippen molar-refractivity contribution in [3.05, 3.63) is 53.5 Å². The maximum Gasteiger partial charge on any atom is 0.219 e. The summed E-state index contributed by atoms with van der Waals surface area (Å²) in [5.41, 5.74) is 0.943. The minimum Gasteiger partial charge on any atom is -0.436 e. The van der Waals surface area contributed by atoms with E-state index in [1.807, 2.05) is 6.07 Å². The van der Waals surface area contributed by atoms with Gasteiger partial charge in [-0.1, -0.05) is 12.1 Å².